The summed E-state index contributed by atoms with van der Waals surface area (Å²) in [6, 6.07) is 0. The van der Waals surface area contributed by atoms with Gasteiger partial charge in [0.1, 0.15) is 19.3 Å². The van der Waals surface area contributed by atoms with Gasteiger partial charge in [-0.05, 0) is 20.3 Å². The number of ether oxygens (including phenoxy) is 2. The molecule has 0 rings (SSSR count). The first-order valence-corrected chi connectivity index (χ1v) is 5.84. The van der Waals surface area contributed by atoms with Gasteiger partial charge in [-0.15, -0.1) is 0 Å². The maximum absolute atomic E-state index is 11.6. The summed E-state index contributed by atoms with van der Waals surface area (Å²) in [5.74, 6) is -0.745. The summed E-state index contributed by atoms with van der Waals surface area (Å²) in [6.45, 7) is 6.81. The summed E-state index contributed by atoms with van der Waals surface area (Å²) >= 11 is 0. The van der Waals surface area contributed by atoms with Crippen molar-refractivity contribution in [2.45, 2.75) is 46.6 Å². The molecule has 0 aliphatic carbocycles. The standard InChI is InChI=1S/C12H22O5/c1-5-10(14)16-7-9(13)8-17-11(15)12(3,4)6-2/h9,13H,5-8H2,1-4H3. The molecule has 0 bridgehead atoms. The molecule has 0 saturated heterocycles. The first-order valence-electron chi connectivity index (χ1n) is 5.84. The third-order valence-electron chi connectivity index (χ3n) is 2.57. The van der Waals surface area contributed by atoms with Gasteiger partial charge in [-0.25, -0.2) is 0 Å². The number of hydrogen-bond donors (Lipinski definition) is 1. The van der Waals surface area contributed by atoms with Crippen molar-refractivity contribution >= 4 is 11.9 Å². The van der Waals surface area contributed by atoms with Crippen LogP contribution in [0.3, 0.4) is 0 Å². The molecule has 0 aromatic rings. The molecule has 0 fully saturated rings. The van der Waals surface area contributed by atoms with Crippen molar-refractivity contribution in [1.82, 2.24) is 0 Å². The van der Waals surface area contributed by atoms with Crippen molar-refractivity contribution in [3.63, 3.8) is 0 Å². The van der Waals surface area contributed by atoms with Crippen LogP contribution in [0.4, 0.5) is 0 Å². The zero-order valence-electron chi connectivity index (χ0n) is 11.0. The lowest BCUT2D eigenvalue weighted by Crippen LogP contribution is -2.31. The lowest BCUT2D eigenvalue weighted by atomic mass is 9.91. The van der Waals surface area contributed by atoms with Gasteiger partial charge in [-0.2, -0.15) is 0 Å². The maximum Gasteiger partial charge on any atom is 0.311 e. The minimum Gasteiger partial charge on any atom is -0.463 e. The lowest BCUT2D eigenvalue weighted by molar-refractivity contribution is -0.159. The molecule has 0 aromatic heterocycles. The van der Waals surface area contributed by atoms with Crippen LogP contribution in [0.15, 0.2) is 0 Å². The molecule has 0 radical (unpaired) electrons. The van der Waals surface area contributed by atoms with Gasteiger partial charge in [-0.1, -0.05) is 13.8 Å². The fraction of sp³-hybridized carbons (Fsp3) is 0.833. The Balaban J connectivity index is 3.88. The molecule has 0 saturated carbocycles. The summed E-state index contributed by atoms with van der Waals surface area (Å²) < 4.78 is 9.66. The average Bonchev–Trinajstić information content (AvgIpc) is 2.32. The smallest absolute Gasteiger partial charge is 0.311 e. The number of aliphatic hydroxyl groups excluding tert-OH is 1. The summed E-state index contributed by atoms with van der Waals surface area (Å²) in [5, 5.41) is 9.43. The largest absolute Gasteiger partial charge is 0.463 e. The molecule has 0 heterocycles. The van der Waals surface area contributed by atoms with Crippen LogP contribution in [0, 0.1) is 5.41 Å². The predicted molar refractivity (Wildman–Crippen MR) is 62.3 cm³/mol. The van der Waals surface area contributed by atoms with Crippen LogP contribution < -0.4 is 0 Å². The normalized spacial score (nSPS) is 13.0. The van der Waals surface area contributed by atoms with E-state index in [1.54, 1.807) is 20.8 Å². The van der Waals surface area contributed by atoms with Gasteiger partial charge in [0, 0.05) is 6.42 Å². The molecule has 1 atom stereocenters. The number of aliphatic hydroxyl groups is 1. The van der Waals surface area contributed by atoms with E-state index >= 15 is 0 Å². The fourth-order valence-corrected chi connectivity index (χ4v) is 0.851. The van der Waals surface area contributed by atoms with E-state index in [1.807, 2.05) is 6.92 Å². The van der Waals surface area contributed by atoms with E-state index in [0.29, 0.717) is 6.42 Å². The topological polar surface area (TPSA) is 72.8 Å². The molecule has 0 spiro atoms. The quantitative estimate of drug-likeness (QED) is 0.685. The van der Waals surface area contributed by atoms with Gasteiger partial charge in [-0.3, -0.25) is 9.59 Å². The van der Waals surface area contributed by atoms with Crippen LogP contribution in [0.25, 0.3) is 0 Å². The third-order valence-corrected chi connectivity index (χ3v) is 2.57. The van der Waals surface area contributed by atoms with E-state index in [4.69, 9.17) is 9.47 Å². The van der Waals surface area contributed by atoms with Crippen LogP contribution in [-0.4, -0.2) is 36.4 Å². The lowest BCUT2D eigenvalue weighted by Gasteiger charge is -2.21. The number of hydrogen-bond acceptors (Lipinski definition) is 5. The van der Waals surface area contributed by atoms with Crippen molar-refractivity contribution < 1.29 is 24.2 Å². The van der Waals surface area contributed by atoms with Crippen LogP contribution in [0.1, 0.15) is 40.5 Å². The van der Waals surface area contributed by atoms with Crippen LogP contribution in [0.2, 0.25) is 0 Å². The molecule has 0 amide bonds. The van der Waals surface area contributed by atoms with Crippen LogP contribution in [0.5, 0.6) is 0 Å². The molecule has 100 valence electrons. The zero-order chi connectivity index (χ0) is 13.5. The molecule has 0 aliphatic rings. The van der Waals surface area contributed by atoms with Crippen molar-refractivity contribution in [2.75, 3.05) is 13.2 Å². The summed E-state index contributed by atoms with van der Waals surface area (Å²) in [7, 11) is 0. The number of carbonyl (C=O) groups is 2. The molecular formula is C12H22O5. The van der Waals surface area contributed by atoms with Gasteiger partial charge in [0.05, 0.1) is 5.41 Å². The molecule has 1 N–H and O–H groups in total. The van der Waals surface area contributed by atoms with Crippen molar-refractivity contribution in [3.05, 3.63) is 0 Å². The Hall–Kier alpha value is -1.10. The van der Waals surface area contributed by atoms with Crippen molar-refractivity contribution in [1.29, 1.82) is 0 Å². The number of esters is 2. The van der Waals surface area contributed by atoms with Gasteiger partial charge in [0.15, 0.2) is 0 Å². The SMILES string of the molecule is CCC(=O)OCC(O)COC(=O)C(C)(C)CC. The van der Waals surface area contributed by atoms with E-state index in [-0.39, 0.29) is 31.6 Å². The van der Waals surface area contributed by atoms with Gasteiger partial charge >= 0.3 is 11.9 Å². The van der Waals surface area contributed by atoms with E-state index in [1.165, 1.54) is 0 Å². The predicted octanol–water partition coefficient (Wildman–Crippen LogP) is 1.28. The first kappa shape index (κ1) is 15.9. The fourth-order valence-electron chi connectivity index (χ4n) is 0.851. The second kappa shape index (κ2) is 7.27. The Labute approximate surface area is 102 Å². The Morgan fingerprint density at radius 1 is 1.18 bits per heavy atom. The Kier molecular flexibility index (Phi) is 6.80. The van der Waals surface area contributed by atoms with Gasteiger partial charge in [0.25, 0.3) is 0 Å². The molecule has 17 heavy (non-hydrogen) atoms. The van der Waals surface area contributed by atoms with Crippen LogP contribution >= 0.6 is 0 Å². The summed E-state index contributed by atoms with van der Waals surface area (Å²) in [5.41, 5.74) is -0.556. The van der Waals surface area contributed by atoms with Crippen molar-refractivity contribution in [3.8, 4) is 0 Å². The molecule has 0 aliphatic heterocycles. The molecule has 0 aromatic carbocycles. The number of carbonyl (C=O) groups excluding carboxylic acids is 2. The monoisotopic (exact) mass is 246 g/mol. The second-order valence-electron chi connectivity index (χ2n) is 4.53. The Bertz CT molecular complexity index is 260. The highest BCUT2D eigenvalue weighted by molar-refractivity contribution is 5.75. The highest BCUT2D eigenvalue weighted by Gasteiger charge is 2.27. The van der Waals surface area contributed by atoms with Crippen LogP contribution in [-0.2, 0) is 19.1 Å². The minimum absolute atomic E-state index is 0.146. The minimum atomic E-state index is -0.970. The number of rotatable bonds is 7. The Morgan fingerprint density at radius 2 is 1.71 bits per heavy atom. The molecular weight excluding hydrogens is 224 g/mol. The van der Waals surface area contributed by atoms with E-state index < -0.39 is 11.5 Å². The maximum atomic E-state index is 11.6. The highest BCUT2D eigenvalue weighted by atomic mass is 16.6. The highest BCUT2D eigenvalue weighted by Crippen LogP contribution is 2.21. The van der Waals surface area contributed by atoms with Gasteiger partial charge < -0.3 is 14.6 Å². The molecule has 1 unspecified atom stereocenters. The molecule has 5 heteroatoms. The van der Waals surface area contributed by atoms with E-state index in [9.17, 15) is 14.7 Å². The van der Waals surface area contributed by atoms with E-state index in [0.717, 1.165) is 0 Å². The van der Waals surface area contributed by atoms with Gasteiger partial charge in [0.2, 0.25) is 0 Å². The average molecular weight is 246 g/mol. The van der Waals surface area contributed by atoms with Crippen molar-refractivity contribution in [2.24, 2.45) is 5.41 Å². The molecule has 5 nitrogen and oxygen atoms in total. The second-order valence-corrected chi connectivity index (χ2v) is 4.53. The zero-order valence-corrected chi connectivity index (χ0v) is 11.0. The Morgan fingerprint density at radius 3 is 2.18 bits per heavy atom. The third kappa shape index (κ3) is 6.26. The summed E-state index contributed by atoms with van der Waals surface area (Å²) in [6.07, 6.45) is -0.0515. The summed E-state index contributed by atoms with van der Waals surface area (Å²) in [4.78, 5) is 22.4. The van der Waals surface area contributed by atoms with E-state index in [2.05, 4.69) is 0 Å². The first-order chi connectivity index (χ1) is 7.83.